The van der Waals surface area contributed by atoms with Gasteiger partial charge in [0.05, 0.1) is 5.56 Å². The first-order valence-corrected chi connectivity index (χ1v) is 6.48. The molecule has 0 saturated heterocycles. The number of carboxylic acids is 1. The first-order chi connectivity index (χ1) is 9.18. The lowest BCUT2D eigenvalue weighted by atomic mass is 10.1. The predicted octanol–water partition coefficient (Wildman–Crippen LogP) is 2.74. The topological polar surface area (TPSA) is 77.8 Å². The molecule has 0 aliphatic carbocycles. The van der Waals surface area contributed by atoms with E-state index in [9.17, 15) is 9.90 Å². The van der Waals surface area contributed by atoms with E-state index in [0.29, 0.717) is 5.56 Å². The number of carbonyl (C=O) groups excluding carboxylic acids is 1. The number of para-hydroxylation sites is 1. The summed E-state index contributed by atoms with van der Waals surface area (Å²) in [6.45, 7) is 8.96. The van der Waals surface area contributed by atoms with E-state index in [0.717, 1.165) is 6.92 Å². The van der Waals surface area contributed by atoms with Crippen molar-refractivity contribution < 1.29 is 19.8 Å². The molecule has 0 atom stereocenters. The Morgan fingerprint density at radius 2 is 1.45 bits per heavy atom. The number of aromatic hydroxyl groups is 1. The summed E-state index contributed by atoms with van der Waals surface area (Å²) in [7, 11) is 0. The second-order valence-electron chi connectivity index (χ2n) is 4.94. The molecule has 0 bridgehead atoms. The summed E-state index contributed by atoms with van der Waals surface area (Å²) in [5.74, 6) is -0.915. The number of hydrogen-bond acceptors (Lipinski definition) is 3. The van der Waals surface area contributed by atoms with E-state index < -0.39 is 5.97 Å². The molecule has 0 aliphatic heterocycles. The average Bonchev–Trinajstić information content (AvgIpc) is 2.27. The van der Waals surface area contributed by atoms with Crippen molar-refractivity contribution in [1.29, 1.82) is 0 Å². The second-order valence-corrected chi connectivity index (χ2v) is 4.94. The monoisotopic (exact) mass is 281 g/mol. The number of hydrogen-bond donors (Lipinski definition) is 2. The van der Waals surface area contributed by atoms with Gasteiger partial charge in [-0.2, -0.15) is 0 Å². The molecule has 0 saturated carbocycles. The van der Waals surface area contributed by atoms with E-state index in [-0.39, 0.29) is 23.7 Å². The van der Waals surface area contributed by atoms with Gasteiger partial charge in [0, 0.05) is 19.0 Å². The fourth-order valence-electron chi connectivity index (χ4n) is 1.86. The number of phenolic OH excluding ortho intramolecular Hbond substituents is 1. The molecule has 0 unspecified atom stereocenters. The van der Waals surface area contributed by atoms with E-state index in [1.54, 1.807) is 23.1 Å². The molecule has 1 aromatic carbocycles. The molecular formula is C15H23NO4. The molecule has 1 rings (SSSR count). The number of phenols is 1. The Morgan fingerprint density at radius 1 is 1.05 bits per heavy atom. The van der Waals surface area contributed by atoms with Crippen molar-refractivity contribution in [3.05, 3.63) is 29.8 Å². The van der Waals surface area contributed by atoms with Crippen LogP contribution >= 0.6 is 0 Å². The Kier molecular flexibility index (Phi) is 7.36. The van der Waals surface area contributed by atoms with Gasteiger partial charge in [-0.25, -0.2) is 0 Å². The maximum absolute atomic E-state index is 12.2. The smallest absolute Gasteiger partial charge is 0.300 e. The van der Waals surface area contributed by atoms with Gasteiger partial charge in [-0.1, -0.05) is 12.1 Å². The highest BCUT2D eigenvalue weighted by Gasteiger charge is 2.23. The molecule has 5 nitrogen and oxygen atoms in total. The van der Waals surface area contributed by atoms with Gasteiger partial charge in [0.25, 0.3) is 11.9 Å². The van der Waals surface area contributed by atoms with Crippen LogP contribution in [0.3, 0.4) is 0 Å². The third kappa shape index (κ3) is 5.73. The molecule has 2 N–H and O–H groups in total. The number of carbonyl (C=O) groups is 2. The zero-order chi connectivity index (χ0) is 15.9. The van der Waals surface area contributed by atoms with E-state index in [1.165, 1.54) is 6.07 Å². The van der Waals surface area contributed by atoms with Crippen molar-refractivity contribution in [1.82, 2.24) is 4.90 Å². The number of carboxylic acid groups (broad SMARTS) is 1. The van der Waals surface area contributed by atoms with E-state index >= 15 is 0 Å². The van der Waals surface area contributed by atoms with Gasteiger partial charge in [0.1, 0.15) is 5.75 Å². The van der Waals surface area contributed by atoms with Crippen LogP contribution in [-0.2, 0) is 4.79 Å². The molecule has 1 amide bonds. The third-order valence-corrected chi connectivity index (χ3v) is 2.48. The van der Waals surface area contributed by atoms with Crippen LogP contribution in [0.1, 0.15) is 45.0 Å². The van der Waals surface area contributed by atoms with Crippen LogP contribution < -0.4 is 0 Å². The fraction of sp³-hybridized carbons (Fsp3) is 0.467. The van der Waals surface area contributed by atoms with Crippen molar-refractivity contribution in [3.63, 3.8) is 0 Å². The normalized spacial score (nSPS) is 9.95. The minimum absolute atomic E-state index is 0.0406. The van der Waals surface area contributed by atoms with Crippen molar-refractivity contribution >= 4 is 11.9 Å². The Bertz CT molecular complexity index is 443. The van der Waals surface area contributed by atoms with Gasteiger partial charge in [-0.3, -0.25) is 9.59 Å². The zero-order valence-corrected chi connectivity index (χ0v) is 12.6. The van der Waals surface area contributed by atoms with Gasteiger partial charge in [-0.15, -0.1) is 0 Å². The van der Waals surface area contributed by atoms with E-state index in [2.05, 4.69) is 0 Å². The average molecular weight is 281 g/mol. The van der Waals surface area contributed by atoms with Gasteiger partial charge < -0.3 is 15.1 Å². The lowest BCUT2D eigenvalue weighted by Crippen LogP contribution is -2.42. The standard InChI is InChI=1S/C13H19NO2.C2H4O2/c1-9(2)14(10(3)4)13(16)11-7-5-6-8-12(11)15;1-2(3)4/h5-10,15H,1-4H3;1H3,(H,3,4). The Morgan fingerprint density at radius 3 is 1.80 bits per heavy atom. The summed E-state index contributed by atoms with van der Waals surface area (Å²) in [5, 5.41) is 17.1. The van der Waals surface area contributed by atoms with Crippen LogP contribution in [0.15, 0.2) is 24.3 Å². The molecule has 1 aromatic rings. The molecule has 0 aliphatic rings. The summed E-state index contributed by atoms with van der Waals surface area (Å²) >= 11 is 0. The highest BCUT2D eigenvalue weighted by Crippen LogP contribution is 2.20. The number of amides is 1. The van der Waals surface area contributed by atoms with Crippen molar-refractivity contribution in [2.45, 2.75) is 46.7 Å². The van der Waals surface area contributed by atoms with Gasteiger partial charge in [-0.05, 0) is 39.8 Å². The first kappa shape index (κ1) is 18.0. The Labute approximate surface area is 119 Å². The third-order valence-electron chi connectivity index (χ3n) is 2.48. The van der Waals surface area contributed by atoms with Crippen molar-refractivity contribution in [2.75, 3.05) is 0 Å². The van der Waals surface area contributed by atoms with Crippen molar-refractivity contribution in [2.24, 2.45) is 0 Å². The Hall–Kier alpha value is -2.04. The zero-order valence-electron chi connectivity index (χ0n) is 12.6. The molecule has 0 fully saturated rings. The van der Waals surface area contributed by atoms with Gasteiger partial charge in [0.15, 0.2) is 0 Å². The van der Waals surface area contributed by atoms with Crippen LogP contribution in [0.4, 0.5) is 0 Å². The number of aliphatic carboxylic acids is 1. The van der Waals surface area contributed by atoms with Gasteiger partial charge >= 0.3 is 0 Å². The number of rotatable bonds is 3. The molecule has 0 radical (unpaired) electrons. The summed E-state index contributed by atoms with van der Waals surface area (Å²) in [4.78, 5) is 23.0. The summed E-state index contributed by atoms with van der Waals surface area (Å²) in [6, 6.07) is 6.88. The van der Waals surface area contributed by atoms with E-state index in [4.69, 9.17) is 9.90 Å². The molecule has 112 valence electrons. The first-order valence-electron chi connectivity index (χ1n) is 6.48. The predicted molar refractivity (Wildman–Crippen MR) is 77.9 cm³/mol. The quantitative estimate of drug-likeness (QED) is 0.893. The SMILES string of the molecule is CC(=O)O.CC(C)N(C(=O)c1ccccc1O)C(C)C. The van der Waals surface area contributed by atoms with Crippen molar-refractivity contribution in [3.8, 4) is 5.75 Å². The summed E-state index contributed by atoms with van der Waals surface area (Å²) in [5.41, 5.74) is 0.366. The largest absolute Gasteiger partial charge is 0.507 e. The summed E-state index contributed by atoms with van der Waals surface area (Å²) < 4.78 is 0. The fourth-order valence-corrected chi connectivity index (χ4v) is 1.86. The molecule has 0 aromatic heterocycles. The minimum Gasteiger partial charge on any atom is -0.507 e. The number of benzene rings is 1. The lowest BCUT2D eigenvalue weighted by molar-refractivity contribution is -0.134. The van der Waals surface area contributed by atoms with Gasteiger partial charge in [0.2, 0.25) is 0 Å². The minimum atomic E-state index is -0.833. The number of nitrogens with zero attached hydrogens (tertiary/aromatic N) is 1. The maximum atomic E-state index is 12.2. The molecule has 5 heteroatoms. The maximum Gasteiger partial charge on any atom is 0.300 e. The Balaban J connectivity index is 0.000000796. The molecule has 20 heavy (non-hydrogen) atoms. The molecule has 0 spiro atoms. The van der Waals surface area contributed by atoms with Crippen LogP contribution in [0.2, 0.25) is 0 Å². The van der Waals surface area contributed by atoms with E-state index in [1.807, 2.05) is 27.7 Å². The molecular weight excluding hydrogens is 258 g/mol. The lowest BCUT2D eigenvalue weighted by Gasteiger charge is -2.31. The highest BCUT2D eigenvalue weighted by molar-refractivity contribution is 5.97. The van der Waals surface area contributed by atoms with Crippen LogP contribution in [0, 0.1) is 0 Å². The van der Waals surface area contributed by atoms with Crippen LogP contribution in [-0.4, -0.2) is 39.1 Å². The second kappa shape index (κ2) is 8.19. The molecule has 0 heterocycles. The summed E-state index contributed by atoms with van der Waals surface area (Å²) in [6.07, 6.45) is 0. The van der Waals surface area contributed by atoms with Crippen LogP contribution in [0.25, 0.3) is 0 Å². The van der Waals surface area contributed by atoms with Crippen LogP contribution in [0.5, 0.6) is 5.75 Å². The highest BCUT2D eigenvalue weighted by atomic mass is 16.4.